The van der Waals surface area contributed by atoms with Crippen LogP contribution >= 0.6 is 11.8 Å². The van der Waals surface area contributed by atoms with E-state index in [1.54, 1.807) is 11.8 Å². The first kappa shape index (κ1) is 17.6. The summed E-state index contributed by atoms with van der Waals surface area (Å²) >= 11 is 1.57. The third-order valence-corrected chi connectivity index (χ3v) is 9.90. The Morgan fingerprint density at radius 1 is 0.760 bits per heavy atom. The summed E-state index contributed by atoms with van der Waals surface area (Å²) in [6.07, 6.45) is 4.26. The number of hydrogen-bond donors (Lipinski definition) is 0. The molecule has 4 atom stereocenters. The first-order valence-electron chi connectivity index (χ1n) is 9.64. The molecule has 25 heavy (non-hydrogen) atoms. The fourth-order valence-electron chi connectivity index (χ4n) is 6.31. The van der Waals surface area contributed by atoms with E-state index < -0.39 is 0 Å². The number of ketones is 2. The van der Waals surface area contributed by atoms with E-state index in [-0.39, 0.29) is 21.7 Å². The molecular formula is C22H30O2S. The van der Waals surface area contributed by atoms with Gasteiger partial charge in [0.1, 0.15) is 0 Å². The maximum atomic E-state index is 12.9. The Morgan fingerprint density at radius 3 is 1.40 bits per heavy atom. The van der Waals surface area contributed by atoms with Crippen LogP contribution in [0.5, 0.6) is 0 Å². The van der Waals surface area contributed by atoms with E-state index >= 15 is 0 Å². The topological polar surface area (TPSA) is 34.1 Å². The number of hydrogen-bond acceptors (Lipinski definition) is 3. The molecule has 0 aromatic rings. The smallest absolute Gasteiger partial charge is 0.166 e. The lowest BCUT2D eigenvalue weighted by Gasteiger charge is -2.31. The molecule has 0 aromatic carbocycles. The fraction of sp³-hybridized carbons (Fsp3) is 0.727. The number of carbonyl (C=O) groups is 2. The highest BCUT2D eigenvalue weighted by Gasteiger charge is 2.65. The molecule has 0 aromatic heterocycles. The van der Waals surface area contributed by atoms with Crippen LogP contribution < -0.4 is 0 Å². The van der Waals surface area contributed by atoms with Crippen LogP contribution in [0.4, 0.5) is 0 Å². The van der Waals surface area contributed by atoms with Gasteiger partial charge in [0, 0.05) is 22.0 Å². The molecule has 0 aliphatic heterocycles. The molecule has 4 fully saturated rings. The minimum atomic E-state index is -0.199. The van der Waals surface area contributed by atoms with Gasteiger partial charge in [-0.05, 0) is 59.2 Å². The third kappa shape index (κ3) is 1.84. The molecule has 4 rings (SSSR count). The Bertz CT molecular complexity index is 679. The van der Waals surface area contributed by atoms with Crippen LogP contribution in [0.2, 0.25) is 0 Å². The molecule has 136 valence electrons. The van der Waals surface area contributed by atoms with Gasteiger partial charge in [0.05, 0.1) is 0 Å². The van der Waals surface area contributed by atoms with Crippen molar-refractivity contribution in [3.8, 4) is 0 Å². The standard InChI is InChI=1S/C22H30O2S/c1-19(2)15-7-9-21(19,5)17(23)13(15)11-25-12-14-16-8-10-22(6,18(14)24)20(16,3)4/h11-12,15-16H,7-10H2,1-6H3/b13-11-,14-12-/t15-,16+,21+,22-. The van der Waals surface area contributed by atoms with Crippen LogP contribution in [0.25, 0.3) is 0 Å². The van der Waals surface area contributed by atoms with Crippen LogP contribution in [0, 0.1) is 33.5 Å². The van der Waals surface area contributed by atoms with Crippen molar-refractivity contribution in [2.45, 2.75) is 67.2 Å². The number of Topliss-reactive ketones (excluding diaryl/α,β-unsaturated/α-hetero) is 2. The molecular weight excluding hydrogens is 328 g/mol. The van der Waals surface area contributed by atoms with Crippen molar-refractivity contribution in [2.75, 3.05) is 0 Å². The first-order valence-corrected chi connectivity index (χ1v) is 10.6. The fourth-order valence-corrected chi connectivity index (χ4v) is 7.21. The highest BCUT2D eigenvalue weighted by Crippen LogP contribution is 2.67. The van der Waals surface area contributed by atoms with Gasteiger partial charge >= 0.3 is 0 Å². The number of thioether (sulfide) groups is 1. The molecule has 3 heteroatoms. The number of fused-ring (bicyclic) bond motifs is 4. The Hall–Kier alpha value is -0.830. The van der Waals surface area contributed by atoms with Crippen LogP contribution in [-0.4, -0.2) is 11.6 Å². The Morgan fingerprint density at radius 2 is 1.12 bits per heavy atom. The molecule has 0 N–H and O–H groups in total. The summed E-state index contributed by atoms with van der Waals surface area (Å²) in [6, 6.07) is 0. The minimum Gasteiger partial charge on any atom is -0.294 e. The second-order valence-corrected chi connectivity index (χ2v) is 11.0. The van der Waals surface area contributed by atoms with Gasteiger partial charge in [-0.1, -0.05) is 41.5 Å². The zero-order valence-corrected chi connectivity index (χ0v) is 17.2. The summed E-state index contributed by atoms with van der Waals surface area (Å²) in [5, 5.41) is 4.11. The Kier molecular flexibility index (Phi) is 3.45. The predicted octanol–water partition coefficient (Wildman–Crippen LogP) is 5.54. The predicted molar refractivity (Wildman–Crippen MR) is 103 cm³/mol. The summed E-state index contributed by atoms with van der Waals surface area (Å²) in [7, 11) is 0. The molecule has 4 aliphatic carbocycles. The van der Waals surface area contributed by atoms with E-state index in [0.717, 1.165) is 36.8 Å². The van der Waals surface area contributed by atoms with Gasteiger partial charge < -0.3 is 0 Å². The van der Waals surface area contributed by atoms with E-state index in [0.29, 0.717) is 23.4 Å². The summed E-state index contributed by atoms with van der Waals surface area (Å²) in [5.41, 5.74) is 1.72. The van der Waals surface area contributed by atoms with E-state index in [1.165, 1.54) is 0 Å². The largest absolute Gasteiger partial charge is 0.294 e. The summed E-state index contributed by atoms with van der Waals surface area (Å²) < 4.78 is 0. The van der Waals surface area contributed by atoms with E-state index in [4.69, 9.17) is 0 Å². The SMILES string of the molecule is CC1(C)[C@@H]2CC[C@@]1(C)C(=O)/C2=C\S/C=C1\C(=O)[C@@]2(C)CC[C@@H]1C2(C)C. The molecule has 0 heterocycles. The molecule has 0 amide bonds. The number of allylic oxidation sites excluding steroid dienone is 2. The second-order valence-electron chi connectivity index (χ2n) is 10.2. The lowest BCUT2D eigenvalue weighted by Crippen LogP contribution is -2.32. The van der Waals surface area contributed by atoms with Crippen molar-refractivity contribution in [1.29, 1.82) is 0 Å². The molecule has 0 radical (unpaired) electrons. The molecule has 2 nitrogen and oxygen atoms in total. The van der Waals surface area contributed by atoms with Crippen molar-refractivity contribution in [3.63, 3.8) is 0 Å². The minimum absolute atomic E-state index is 0.0569. The average Bonchev–Trinajstić information content (AvgIpc) is 3.01. The second kappa shape index (κ2) is 4.91. The summed E-state index contributed by atoms with van der Waals surface area (Å²) in [6.45, 7) is 13.3. The normalized spacial score (nSPS) is 46.8. The van der Waals surface area contributed by atoms with Crippen molar-refractivity contribution in [1.82, 2.24) is 0 Å². The zero-order chi connectivity index (χ0) is 18.4. The maximum absolute atomic E-state index is 12.9. The van der Waals surface area contributed by atoms with Crippen LogP contribution in [0.3, 0.4) is 0 Å². The highest BCUT2D eigenvalue weighted by atomic mass is 32.2. The molecule has 0 spiro atoms. The monoisotopic (exact) mass is 358 g/mol. The van der Waals surface area contributed by atoms with E-state index in [9.17, 15) is 9.59 Å². The average molecular weight is 359 g/mol. The molecule has 0 unspecified atom stereocenters. The van der Waals surface area contributed by atoms with Crippen LogP contribution in [0.1, 0.15) is 67.2 Å². The third-order valence-electron chi connectivity index (χ3n) is 9.12. The van der Waals surface area contributed by atoms with Gasteiger partial charge in [0.25, 0.3) is 0 Å². The molecule has 4 aliphatic rings. The lowest BCUT2D eigenvalue weighted by molar-refractivity contribution is -0.126. The lowest BCUT2D eigenvalue weighted by atomic mass is 9.70. The van der Waals surface area contributed by atoms with Crippen molar-refractivity contribution in [2.24, 2.45) is 33.5 Å². The van der Waals surface area contributed by atoms with Crippen LogP contribution in [0.15, 0.2) is 22.0 Å². The number of carbonyl (C=O) groups excluding carboxylic acids is 2. The maximum Gasteiger partial charge on any atom is 0.166 e. The summed E-state index contributed by atoms with van der Waals surface area (Å²) in [4.78, 5) is 25.8. The van der Waals surface area contributed by atoms with Crippen molar-refractivity contribution >= 4 is 23.3 Å². The van der Waals surface area contributed by atoms with Crippen molar-refractivity contribution < 1.29 is 9.59 Å². The highest BCUT2D eigenvalue weighted by molar-refractivity contribution is 8.05. The van der Waals surface area contributed by atoms with Crippen LogP contribution in [-0.2, 0) is 9.59 Å². The molecule has 0 saturated heterocycles. The Labute approximate surface area is 155 Å². The van der Waals surface area contributed by atoms with E-state index in [2.05, 4.69) is 52.4 Å². The quantitative estimate of drug-likeness (QED) is 0.608. The number of rotatable bonds is 2. The van der Waals surface area contributed by atoms with Crippen molar-refractivity contribution in [3.05, 3.63) is 22.0 Å². The summed E-state index contributed by atoms with van der Waals surface area (Å²) in [5.74, 6) is 1.43. The van der Waals surface area contributed by atoms with Gasteiger partial charge in [-0.3, -0.25) is 9.59 Å². The van der Waals surface area contributed by atoms with E-state index in [1.807, 2.05) is 0 Å². The van der Waals surface area contributed by atoms with Gasteiger partial charge in [-0.15, -0.1) is 11.8 Å². The first-order chi connectivity index (χ1) is 11.5. The van der Waals surface area contributed by atoms with Gasteiger partial charge in [0.2, 0.25) is 0 Å². The zero-order valence-electron chi connectivity index (χ0n) is 16.4. The Balaban J connectivity index is 1.60. The van der Waals surface area contributed by atoms with Gasteiger partial charge in [-0.25, -0.2) is 0 Å². The van der Waals surface area contributed by atoms with Gasteiger partial charge in [0.15, 0.2) is 11.6 Å². The van der Waals surface area contributed by atoms with Gasteiger partial charge in [-0.2, -0.15) is 0 Å². The molecule has 4 saturated carbocycles. The molecule has 4 bridgehead atoms.